The Kier molecular flexibility index (Phi) is 2.97. The van der Waals surface area contributed by atoms with Crippen molar-refractivity contribution in [2.45, 2.75) is 6.92 Å². The summed E-state index contributed by atoms with van der Waals surface area (Å²) in [5.74, 6) is 0.684. The van der Waals surface area contributed by atoms with Crippen LogP contribution in [0.2, 0.25) is 0 Å². The second-order valence-electron chi connectivity index (χ2n) is 2.66. The van der Waals surface area contributed by atoms with E-state index in [9.17, 15) is 4.79 Å². The van der Waals surface area contributed by atoms with Crippen LogP contribution in [-0.4, -0.2) is 47.4 Å². The maximum atomic E-state index is 11.2. The van der Waals surface area contributed by atoms with Gasteiger partial charge in [0.05, 0.1) is 5.75 Å². The van der Waals surface area contributed by atoms with E-state index < -0.39 is 0 Å². The largest absolute Gasteiger partial charge is 0.301 e. The normalized spacial score (nSPS) is 20.8. The van der Waals surface area contributed by atoms with Crippen molar-refractivity contribution in [2.75, 3.05) is 26.4 Å². The molecule has 0 atom stereocenters. The number of carbonyl (C=O) groups excluding carboxylic acids is 1. The van der Waals surface area contributed by atoms with Crippen molar-refractivity contribution in [1.82, 2.24) is 9.91 Å². The standard InChI is InChI=1S/C7H13N3OS/c1-4-10-6(11)5-12-7(10)8-9(2)3/h4-5H2,1-3H3/b8-7-. The molecule has 1 aliphatic rings. The Morgan fingerprint density at radius 1 is 1.67 bits per heavy atom. The molecule has 0 N–H and O–H groups in total. The van der Waals surface area contributed by atoms with Gasteiger partial charge in [-0.05, 0) is 6.92 Å². The molecule has 1 fully saturated rings. The van der Waals surface area contributed by atoms with Crippen molar-refractivity contribution in [3.05, 3.63) is 0 Å². The smallest absolute Gasteiger partial charge is 0.239 e. The Morgan fingerprint density at radius 3 is 2.83 bits per heavy atom. The molecule has 1 rings (SSSR count). The zero-order valence-electron chi connectivity index (χ0n) is 7.57. The Labute approximate surface area is 76.6 Å². The van der Waals surface area contributed by atoms with Gasteiger partial charge < -0.3 is 5.01 Å². The van der Waals surface area contributed by atoms with Gasteiger partial charge in [0.15, 0.2) is 5.17 Å². The molecule has 12 heavy (non-hydrogen) atoms. The van der Waals surface area contributed by atoms with Crippen LogP contribution >= 0.6 is 11.8 Å². The van der Waals surface area contributed by atoms with Crippen LogP contribution in [0.5, 0.6) is 0 Å². The zero-order valence-corrected chi connectivity index (χ0v) is 8.39. The van der Waals surface area contributed by atoms with Gasteiger partial charge in [-0.3, -0.25) is 9.69 Å². The van der Waals surface area contributed by atoms with Crippen molar-refractivity contribution in [3.63, 3.8) is 0 Å². The van der Waals surface area contributed by atoms with Crippen molar-refractivity contribution >= 4 is 22.8 Å². The first-order chi connectivity index (χ1) is 5.65. The number of rotatable bonds is 2. The molecule has 1 saturated heterocycles. The summed E-state index contributed by atoms with van der Waals surface area (Å²) >= 11 is 1.50. The number of hydrogen-bond donors (Lipinski definition) is 0. The van der Waals surface area contributed by atoms with E-state index in [1.54, 1.807) is 9.91 Å². The molecule has 1 amide bonds. The molecule has 1 aliphatic heterocycles. The summed E-state index contributed by atoms with van der Waals surface area (Å²) in [7, 11) is 3.70. The highest BCUT2D eigenvalue weighted by molar-refractivity contribution is 8.15. The molecule has 0 aromatic rings. The molecule has 0 aromatic carbocycles. The Balaban J connectivity index is 2.72. The van der Waals surface area contributed by atoms with E-state index >= 15 is 0 Å². The number of nitrogens with zero attached hydrogens (tertiary/aromatic N) is 3. The molecule has 68 valence electrons. The number of amidine groups is 1. The number of thioether (sulfide) groups is 1. The highest BCUT2D eigenvalue weighted by Crippen LogP contribution is 2.18. The molecule has 0 saturated carbocycles. The molecule has 5 heteroatoms. The van der Waals surface area contributed by atoms with Gasteiger partial charge in [0.2, 0.25) is 5.91 Å². The third kappa shape index (κ3) is 1.91. The molecule has 0 bridgehead atoms. The van der Waals surface area contributed by atoms with Crippen LogP contribution in [0.1, 0.15) is 6.92 Å². The van der Waals surface area contributed by atoms with Crippen LogP contribution in [0.3, 0.4) is 0 Å². The van der Waals surface area contributed by atoms with Gasteiger partial charge in [-0.25, -0.2) is 0 Å². The maximum Gasteiger partial charge on any atom is 0.239 e. The molecule has 0 aromatic heterocycles. The van der Waals surface area contributed by atoms with Crippen LogP contribution in [0.15, 0.2) is 5.10 Å². The Hall–Kier alpha value is -0.710. The number of amides is 1. The highest BCUT2D eigenvalue weighted by Gasteiger charge is 2.26. The fourth-order valence-electron chi connectivity index (χ4n) is 0.954. The summed E-state index contributed by atoms with van der Waals surface area (Å²) in [6.45, 7) is 2.66. The van der Waals surface area contributed by atoms with E-state index in [-0.39, 0.29) is 5.91 Å². The minimum absolute atomic E-state index is 0.156. The monoisotopic (exact) mass is 187 g/mol. The summed E-state index contributed by atoms with van der Waals surface area (Å²) in [5, 5.41) is 6.72. The molecule has 1 heterocycles. The number of hydrogen-bond acceptors (Lipinski definition) is 4. The van der Waals surface area contributed by atoms with Crippen LogP contribution in [-0.2, 0) is 4.79 Å². The molecule has 0 unspecified atom stereocenters. The topological polar surface area (TPSA) is 35.9 Å². The minimum Gasteiger partial charge on any atom is -0.301 e. The van der Waals surface area contributed by atoms with E-state index in [0.717, 1.165) is 5.17 Å². The number of hydrazone groups is 1. The van der Waals surface area contributed by atoms with Crippen molar-refractivity contribution < 1.29 is 4.79 Å². The average molecular weight is 187 g/mol. The van der Waals surface area contributed by atoms with Gasteiger partial charge in [0.1, 0.15) is 0 Å². The average Bonchev–Trinajstić information content (AvgIpc) is 2.30. The summed E-state index contributed by atoms with van der Waals surface area (Å²) in [5.41, 5.74) is 0. The molecule has 4 nitrogen and oxygen atoms in total. The van der Waals surface area contributed by atoms with Gasteiger partial charge in [-0.2, -0.15) is 5.10 Å². The van der Waals surface area contributed by atoms with Gasteiger partial charge >= 0.3 is 0 Å². The van der Waals surface area contributed by atoms with Crippen LogP contribution in [0.25, 0.3) is 0 Å². The predicted molar refractivity (Wildman–Crippen MR) is 51.0 cm³/mol. The third-order valence-corrected chi connectivity index (χ3v) is 2.41. The highest BCUT2D eigenvalue weighted by atomic mass is 32.2. The van der Waals surface area contributed by atoms with E-state index in [1.165, 1.54) is 11.8 Å². The Morgan fingerprint density at radius 2 is 2.33 bits per heavy atom. The van der Waals surface area contributed by atoms with E-state index in [4.69, 9.17) is 0 Å². The fourth-order valence-corrected chi connectivity index (χ4v) is 1.97. The predicted octanol–water partition coefficient (Wildman–Crippen LogP) is 0.414. The van der Waals surface area contributed by atoms with Crippen molar-refractivity contribution in [3.8, 4) is 0 Å². The minimum atomic E-state index is 0.156. The molecular weight excluding hydrogens is 174 g/mol. The lowest BCUT2D eigenvalue weighted by molar-refractivity contribution is -0.123. The molecule has 0 aliphatic carbocycles. The second-order valence-corrected chi connectivity index (χ2v) is 3.60. The van der Waals surface area contributed by atoms with E-state index in [1.807, 2.05) is 21.0 Å². The lowest BCUT2D eigenvalue weighted by Gasteiger charge is -2.14. The van der Waals surface area contributed by atoms with Gasteiger partial charge in [0.25, 0.3) is 0 Å². The zero-order chi connectivity index (χ0) is 9.14. The van der Waals surface area contributed by atoms with E-state index in [0.29, 0.717) is 12.3 Å². The van der Waals surface area contributed by atoms with Crippen molar-refractivity contribution in [2.24, 2.45) is 5.10 Å². The van der Waals surface area contributed by atoms with Crippen LogP contribution in [0, 0.1) is 0 Å². The first-order valence-electron chi connectivity index (χ1n) is 3.84. The van der Waals surface area contributed by atoms with Crippen LogP contribution in [0.4, 0.5) is 0 Å². The molecular formula is C7H13N3OS. The summed E-state index contributed by atoms with van der Waals surface area (Å²) < 4.78 is 0. The summed E-state index contributed by atoms with van der Waals surface area (Å²) in [4.78, 5) is 12.9. The first kappa shape index (κ1) is 9.38. The quantitative estimate of drug-likeness (QED) is 0.588. The molecule has 0 spiro atoms. The van der Waals surface area contributed by atoms with Crippen LogP contribution < -0.4 is 0 Å². The molecule has 0 radical (unpaired) electrons. The second kappa shape index (κ2) is 3.80. The summed E-state index contributed by atoms with van der Waals surface area (Å²) in [6, 6.07) is 0. The SMILES string of the molecule is CCN1C(=O)CS/C1=N\N(C)C. The van der Waals surface area contributed by atoms with Gasteiger partial charge in [-0.15, -0.1) is 0 Å². The fraction of sp³-hybridized carbons (Fsp3) is 0.714. The van der Waals surface area contributed by atoms with Gasteiger partial charge in [0, 0.05) is 20.6 Å². The third-order valence-electron chi connectivity index (χ3n) is 1.46. The lowest BCUT2D eigenvalue weighted by Crippen LogP contribution is -2.30. The van der Waals surface area contributed by atoms with Gasteiger partial charge in [-0.1, -0.05) is 11.8 Å². The summed E-state index contributed by atoms with van der Waals surface area (Å²) in [6.07, 6.45) is 0. The van der Waals surface area contributed by atoms with Crippen molar-refractivity contribution in [1.29, 1.82) is 0 Å². The number of carbonyl (C=O) groups is 1. The van der Waals surface area contributed by atoms with E-state index in [2.05, 4.69) is 5.10 Å². The maximum absolute atomic E-state index is 11.2. The Bertz CT molecular complexity index is 215. The lowest BCUT2D eigenvalue weighted by atomic mass is 10.5. The first-order valence-corrected chi connectivity index (χ1v) is 4.82.